The molecule has 2 rings (SSSR count). The molecule has 1 aliphatic heterocycles. The molecule has 0 aliphatic carbocycles. The van der Waals surface area contributed by atoms with E-state index < -0.39 is 0 Å². The smallest absolute Gasteiger partial charge is 0.234 e. The van der Waals surface area contributed by atoms with Gasteiger partial charge in [0.1, 0.15) is 5.82 Å². The fourth-order valence-electron chi connectivity index (χ4n) is 2.26. The molecule has 20 heavy (non-hydrogen) atoms. The maximum absolute atomic E-state index is 12.7. The van der Waals surface area contributed by atoms with Crippen LogP contribution in [0.25, 0.3) is 0 Å². The Morgan fingerprint density at radius 2 is 2.10 bits per heavy atom. The van der Waals surface area contributed by atoms with Crippen LogP contribution in [0.4, 0.5) is 4.39 Å². The minimum atomic E-state index is -0.238. The van der Waals surface area contributed by atoms with Gasteiger partial charge in [-0.2, -0.15) is 0 Å². The topological polar surface area (TPSA) is 58.4 Å². The minimum Gasteiger partial charge on any atom is -0.355 e. The molecule has 112 valence electrons. The first-order chi connectivity index (χ1) is 9.13. The molecule has 0 aromatic heterocycles. The van der Waals surface area contributed by atoms with Crippen molar-refractivity contribution in [1.82, 2.24) is 10.2 Å². The molecule has 0 radical (unpaired) electrons. The lowest BCUT2D eigenvalue weighted by Crippen LogP contribution is -2.38. The van der Waals surface area contributed by atoms with Crippen LogP contribution in [0.1, 0.15) is 12.0 Å². The zero-order chi connectivity index (χ0) is 13.7. The molecule has 1 amide bonds. The van der Waals surface area contributed by atoms with Crippen LogP contribution >= 0.6 is 12.4 Å². The molecule has 1 saturated heterocycles. The summed E-state index contributed by atoms with van der Waals surface area (Å²) >= 11 is 0. The van der Waals surface area contributed by atoms with Gasteiger partial charge in [-0.1, -0.05) is 12.1 Å². The van der Waals surface area contributed by atoms with Gasteiger partial charge < -0.3 is 11.1 Å². The monoisotopic (exact) mass is 301 g/mol. The highest BCUT2D eigenvalue weighted by Gasteiger charge is 2.20. The number of amides is 1. The second kappa shape index (κ2) is 8.19. The number of hydrogen-bond donors (Lipinski definition) is 2. The van der Waals surface area contributed by atoms with Crippen LogP contribution in [-0.4, -0.2) is 43.0 Å². The summed E-state index contributed by atoms with van der Waals surface area (Å²) in [6, 6.07) is 6.54. The van der Waals surface area contributed by atoms with Crippen LogP contribution < -0.4 is 11.1 Å². The van der Waals surface area contributed by atoms with Crippen LogP contribution in [0.5, 0.6) is 0 Å². The minimum absolute atomic E-state index is 0. The van der Waals surface area contributed by atoms with Crippen molar-refractivity contribution >= 4 is 18.3 Å². The molecule has 1 aromatic rings. The third kappa shape index (κ3) is 5.45. The van der Waals surface area contributed by atoms with Crippen molar-refractivity contribution in [2.45, 2.75) is 18.9 Å². The summed E-state index contributed by atoms with van der Waals surface area (Å²) in [4.78, 5) is 13.8. The molecule has 0 bridgehead atoms. The van der Waals surface area contributed by atoms with Gasteiger partial charge in [0.05, 0.1) is 6.54 Å². The van der Waals surface area contributed by atoms with Crippen molar-refractivity contribution in [3.8, 4) is 0 Å². The lowest BCUT2D eigenvalue weighted by molar-refractivity contribution is -0.121. The predicted octanol–water partition coefficient (Wildman–Crippen LogP) is 0.939. The lowest BCUT2D eigenvalue weighted by atomic mass is 10.1. The summed E-state index contributed by atoms with van der Waals surface area (Å²) in [5.74, 6) is -0.214. The number of nitrogens with two attached hydrogens (primary N) is 1. The number of rotatable bonds is 5. The molecule has 1 heterocycles. The van der Waals surface area contributed by atoms with Crippen molar-refractivity contribution in [3.05, 3.63) is 35.6 Å². The Balaban J connectivity index is 0.00000200. The molecule has 0 spiro atoms. The van der Waals surface area contributed by atoms with E-state index in [9.17, 15) is 9.18 Å². The van der Waals surface area contributed by atoms with E-state index in [0.717, 1.165) is 25.1 Å². The van der Waals surface area contributed by atoms with Crippen molar-refractivity contribution in [2.75, 3.05) is 26.2 Å². The summed E-state index contributed by atoms with van der Waals surface area (Å²) in [6.07, 6.45) is 1.67. The summed E-state index contributed by atoms with van der Waals surface area (Å²) in [7, 11) is 0. The number of halogens is 2. The Morgan fingerprint density at radius 1 is 1.40 bits per heavy atom. The third-order valence-electron chi connectivity index (χ3n) is 3.33. The number of nitrogens with zero attached hydrogens (tertiary/aromatic N) is 1. The largest absolute Gasteiger partial charge is 0.355 e. The second-order valence-electron chi connectivity index (χ2n) is 5.01. The van der Waals surface area contributed by atoms with E-state index in [2.05, 4.69) is 10.2 Å². The highest BCUT2D eigenvalue weighted by atomic mass is 35.5. The molecular formula is C14H21ClFN3O. The van der Waals surface area contributed by atoms with Crippen LogP contribution in [0.3, 0.4) is 0 Å². The standard InChI is InChI=1S/C14H20FN3O.ClH/c15-12-3-1-11(2-4-12)5-7-17-14(19)10-18-8-6-13(16)9-18;/h1-4,13H,5-10,16H2,(H,17,19);1H/t13-;/m0./s1. The molecule has 4 nitrogen and oxygen atoms in total. The Hall–Kier alpha value is -1.17. The quantitative estimate of drug-likeness (QED) is 0.851. The molecule has 0 saturated carbocycles. The zero-order valence-electron chi connectivity index (χ0n) is 11.3. The van der Waals surface area contributed by atoms with E-state index in [4.69, 9.17) is 5.73 Å². The average Bonchev–Trinajstić information content (AvgIpc) is 2.77. The van der Waals surface area contributed by atoms with Crippen molar-refractivity contribution in [3.63, 3.8) is 0 Å². The Morgan fingerprint density at radius 3 is 2.70 bits per heavy atom. The lowest BCUT2D eigenvalue weighted by Gasteiger charge is -2.14. The Labute approximate surface area is 124 Å². The van der Waals surface area contributed by atoms with Crippen LogP contribution in [0.2, 0.25) is 0 Å². The van der Waals surface area contributed by atoms with Crippen molar-refractivity contribution in [1.29, 1.82) is 0 Å². The molecular weight excluding hydrogens is 281 g/mol. The summed E-state index contributed by atoms with van der Waals surface area (Å²) in [5, 5.41) is 2.87. The zero-order valence-corrected chi connectivity index (χ0v) is 12.2. The molecule has 1 aromatic carbocycles. The predicted molar refractivity (Wildman–Crippen MR) is 79.4 cm³/mol. The van der Waals surface area contributed by atoms with Gasteiger partial charge in [-0.3, -0.25) is 9.69 Å². The van der Waals surface area contributed by atoms with Gasteiger partial charge >= 0.3 is 0 Å². The van der Waals surface area contributed by atoms with Crippen LogP contribution in [-0.2, 0) is 11.2 Å². The highest BCUT2D eigenvalue weighted by Crippen LogP contribution is 2.06. The molecule has 1 atom stereocenters. The van der Waals surface area contributed by atoms with E-state index in [1.807, 2.05) is 0 Å². The first-order valence-electron chi connectivity index (χ1n) is 6.62. The second-order valence-corrected chi connectivity index (χ2v) is 5.01. The highest BCUT2D eigenvalue weighted by molar-refractivity contribution is 5.85. The molecule has 3 N–H and O–H groups in total. The van der Waals surface area contributed by atoms with E-state index in [-0.39, 0.29) is 30.2 Å². The Kier molecular flexibility index (Phi) is 6.91. The summed E-state index contributed by atoms with van der Waals surface area (Å²) in [6.45, 7) is 2.68. The summed E-state index contributed by atoms with van der Waals surface area (Å²) in [5.41, 5.74) is 6.80. The summed E-state index contributed by atoms with van der Waals surface area (Å²) < 4.78 is 12.7. The van der Waals surface area contributed by atoms with Gasteiger partial charge in [0.25, 0.3) is 0 Å². The van der Waals surface area contributed by atoms with Crippen molar-refractivity contribution < 1.29 is 9.18 Å². The molecule has 0 unspecified atom stereocenters. The molecule has 1 aliphatic rings. The first kappa shape index (κ1) is 16.9. The van der Waals surface area contributed by atoms with E-state index in [1.54, 1.807) is 12.1 Å². The Bertz CT molecular complexity index is 427. The number of carbonyl (C=O) groups excluding carboxylic acids is 1. The maximum Gasteiger partial charge on any atom is 0.234 e. The van der Waals surface area contributed by atoms with E-state index in [0.29, 0.717) is 19.5 Å². The van der Waals surface area contributed by atoms with E-state index >= 15 is 0 Å². The SMILES string of the molecule is Cl.N[C@H]1CCN(CC(=O)NCCc2ccc(F)cc2)C1. The average molecular weight is 302 g/mol. The fraction of sp³-hybridized carbons (Fsp3) is 0.500. The van der Waals surface area contributed by atoms with Gasteiger partial charge in [-0.15, -0.1) is 12.4 Å². The van der Waals surface area contributed by atoms with E-state index in [1.165, 1.54) is 12.1 Å². The number of likely N-dealkylation sites (tertiary alicyclic amines) is 1. The number of nitrogens with one attached hydrogen (secondary N) is 1. The first-order valence-corrected chi connectivity index (χ1v) is 6.62. The van der Waals surface area contributed by atoms with Crippen LogP contribution in [0, 0.1) is 5.82 Å². The number of carbonyl (C=O) groups is 1. The van der Waals surface area contributed by atoms with Gasteiger partial charge in [0, 0.05) is 25.7 Å². The van der Waals surface area contributed by atoms with Gasteiger partial charge in [0.2, 0.25) is 5.91 Å². The maximum atomic E-state index is 12.7. The van der Waals surface area contributed by atoms with Gasteiger partial charge in [-0.05, 0) is 30.5 Å². The van der Waals surface area contributed by atoms with Gasteiger partial charge in [0.15, 0.2) is 0 Å². The molecule has 1 fully saturated rings. The number of hydrogen-bond acceptors (Lipinski definition) is 3. The number of benzene rings is 1. The van der Waals surface area contributed by atoms with Crippen LogP contribution in [0.15, 0.2) is 24.3 Å². The normalized spacial score (nSPS) is 18.6. The van der Waals surface area contributed by atoms with Crippen molar-refractivity contribution in [2.24, 2.45) is 5.73 Å². The van der Waals surface area contributed by atoms with Gasteiger partial charge in [-0.25, -0.2) is 4.39 Å². The fourth-order valence-corrected chi connectivity index (χ4v) is 2.26. The molecule has 6 heteroatoms. The third-order valence-corrected chi connectivity index (χ3v) is 3.33.